The first-order chi connectivity index (χ1) is 6.18. The predicted octanol–water partition coefficient (Wildman–Crippen LogP) is 1.40. The number of hydrogen-bond donors (Lipinski definition) is 1. The van der Waals surface area contributed by atoms with E-state index in [2.05, 4.69) is 11.1 Å². The molecular weight excluding hydrogens is 188 g/mol. The Morgan fingerprint density at radius 3 is 2.85 bits per heavy atom. The zero-order chi connectivity index (χ0) is 9.47. The van der Waals surface area contributed by atoms with Gasteiger partial charge in [0, 0.05) is 5.38 Å². The average Bonchev–Trinajstić information content (AvgIpc) is 2.75. The number of carbonyl (C=O) groups is 1. The fourth-order valence-electron chi connectivity index (χ4n) is 1.09. The lowest BCUT2D eigenvalue weighted by atomic mass is 10.1. The van der Waals surface area contributed by atoms with Gasteiger partial charge in [-0.1, -0.05) is 0 Å². The molecule has 66 valence electrons. The van der Waals surface area contributed by atoms with E-state index in [0.29, 0.717) is 5.01 Å². The first-order valence-corrected chi connectivity index (χ1v) is 4.66. The van der Waals surface area contributed by atoms with E-state index < -0.39 is 11.4 Å². The topological polar surface area (TPSA) is 74.0 Å². The normalized spacial score (nSPS) is 17.8. The molecule has 0 unspecified atom stereocenters. The Morgan fingerprint density at radius 1 is 1.77 bits per heavy atom. The third-order valence-corrected chi connectivity index (χ3v) is 3.14. The molecular formula is C8H6N2O2S. The van der Waals surface area contributed by atoms with Crippen LogP contribution in [0.25, 0.3) is 0 Å². The molecule has 4 nitrogen and oxygen atoms in total. The van der Waals surface area contributed by atoms with Crippen molar-refractivity contribution < 1.29 is 9.90 Å². The van der Waals surface area contributed by atoms with Crippen molar-refractivity contribution in [2.75, 3.05) is 0 Å². The minimum absolute atomic E-state index is 0.0431. The van der Waals surface area contributed by atoms with Gasteiger partial charge < -0.3 is 5.11 Å². The zero-order valence-electron chi connectivity index (χ0n) is 6.65. The summed E-state index contributed by atoms with van der Waals surface area (Å²) in [5.74, 6) is -1.03. The second-order valence-electron chi connectivity index (χ2n) is 3.04. The third-order valence-electron chi connectivity index (χ3n) is 2.10. The highest BCUT2D eigenvalue weighted by Crippen LogP contribution is 2.48. The van der Waals surface area contributed by atoms with E-state index in [4.69, 9.17) is 10.4 Å². The Morgan fingerprint density at radius 2 is 2.46 bits per heavy atom. The fourth-order valence-corrected chi connectivity index (χ4v) is 2.09. The van der Waals surface area contributed by atoms with Crippen molar-refractivity contribution in [1.29, 1.82) is 5.26 Å². The molecule has 2 rings (SSSR count). The first kappa shape index (κ1) is 8.20. The molecule has 0 atom stereocenters. The van der Waals surface area contributed by atoms with Crippen LogP contribution in [0.15, 0.2) is 5.38 Å². The molecule has 1 aromatic rings. The van der Waals surface area contributed by atoms with Crippen molar-refractivity contribution in [3.8, 4) is 6.07 Å². The van der Waals surface area contributed by atoms with Gasteiger partial charge in [-0.05, 0) is 12.8 Å². The lowest BCUT2D eigenvalue weighted by molar-refractivity contribution is 0.0691. The predicted molar refractivity (Wildman–Crippen MR) is 45.6 cm³/mol. The Bertz CT molecular complexity index is 401. The van der Waals surface area contributed by atoms with Crippen molar-refractivity contribution in [2.24, 2.45) is 0 Å². The molecule has 0 amide bonds. The molecule has 1 heterocycles. The van der Waals surface area contributed by atoms with Crippen LogP contribution >= 0.6 is 11.3 Å². The summed E-state index contributed by atoms with van der Waals surface area (Å²) in [6.07, 6.45) is 1.60. The Hall–Kier alpha value is -1.41. The second kappa shape index (κ2) is 2.54. The van der Waals surface area contributed by atoms with Crippen LogP contribution in [0.1, 0.15) is 28.3 Å². The summed E-state index contributed by atoms with van der Waals surface area (Å²) in [6, 6.07) is 2.18. The number of carboxylic acids is 1. The van der Waals surface area contributed by atoms with Gasteiger partial charge in [0.1, 0.15) is 10.4 Å². The van der Waals surface area contributed by atoms with E-state index in [1.54, 1.807) is 0 Å². The molecule has 13 heavy (non-hydrogen) atoms. The molecule has 0 spiro atoms. The summed E-state index contributed by atoms with van der Waals surface area (Å²) in [5.41, 5.74) is -0.417. The van der Waals surface area contributed by atoms with Crippen LogP contribution in [0.4, 0.5) is 0 Å². The number of nitrogens with zero attached hydrogens (tertiary/aromatic N) is 2. The van der Waals surface area contributed by atoms with E-state index in [1.807, 2.05) is 0 Å². The Kier molecular flexibility index (Phi) is 1.60. The maximum absolute atomic E-state index is 10.5. The summed E-state index contributed by atoms with van der Waals surface area (Å²) < 4.78 is 0. The van der Waals surface area contributed by atoms with E-state index in [-0.39, 0.29) is 5.69 Å². The first-order valence-electron chi connectivity index (χ1n) is 3.78. The molecule has 0 aliphatic heterocycles. The van der Waals surface area contributed by atoms with Crippen LogP contribution in [-0.2, 0) is 5.41 Å². The van der Waals surface area contributed by atoms with Gasteiger partial charge in [0.25, 0.3) is 0 Å². The SMILES string of the molecule is N#CC1(c2nc(C(=O)O)cs2)CC1. The summed E-state index contributed by atoms with van der Waals surface area (Å²) in [7, 11) is 0. The molecule has 1 aliphatic rings. The van der Waals surface area contributed by atoms with Crippen LogP contribution in [0, 0.1) is 11.3 Å². The van der Waals surface area contributed by atoms with Gasteiger partial charge in [0.05, 0.1) is 6.07 Å². The van der Waals surface area contributed by atoms with Gasteiger partial charge in [-0.2, -0.15) is 5.26 Å². The van der Waals surface area contributed by atoms with Gasteiger partial charge >= 0.3 is 5.97 Å². The van der Waals surface area contributed by atoms with Crippen LogP contribution in [0.3, 0.4) is 0 Å². The van der Waals surface area contributed by atoms with Crippen LogP contribution in [-0.4, -0.2) is 16.1 Å². The number of carboxylic acid groups (broad SMARTS) is 1. The summed E-state index contributed by atoms with van der Waals surface area (Å²) >= 11 is 1.26. The maximum Gasteiger partial charge on any atom is 0.355 e. The van der Waals surface area contributed by atoms with E-state index in [0.717, 1.165) is 12.8 Å². The average molecular weight is 194 g/mol. The largest absolute Gasteiger partial charge is 0.476 e. The van der Waals surface area contributed by atoms with E-state index in [1.165, 1.54) is 16.7 Å². The molecule has 5 heteroatoms. The Balaban J connectivity index is 2.34. The molecule has 1 N–H and O–H groups in total. The van der Waals surface area contributed by atoms with Gasteiger partial charge in [0.15, 0.2) is 5.69 Å². The number of hydrogen-bond acceptors (Lipinski definition) is 4. The smallest absolute Gasteiger partial charge is 0.355 e. The number of rotatable bonds is 2. The van der Waals surface area contributed by atoms with Gasteiger partial charge in [0.2, 0.25) is 0 Å². The molecule has 0 radical (unpaired) electrons. The lowest BCUT2D eigenvalue weighted by Gasteiger charge is -1.96. The van der Waals surface area contributed by atoms with Crippen LogP contribution < -0.4 is 0 Å². The zero-order valence-corrected chi connectivity index (χ0v) is 7.47. The summed E-state index contributed by atoms with van der Waals surface area (Å²) in [5, 5.41) is 19.6. The van der Waals surface area contributed by atoms with E-state index in [9.17, 15) is 4.79 Å². The number of thiazole rings is 1. The molecule has 1 saturated carbocycles. The molecule has 1 aliphatic carbocycles. The quantitative estimate of drug-likeness (QED) is 0.772. The lowest BCUT2D eigenvalue weighted by Crippen LogP contribution is -2.03. The Labute approximate surface area is 78.5 Å². The van der Waals surface area contributed by atoms with Gasteiger partial charge in [-0.3, -0.25) is 0 Å². The highest BCUT2D eigenvalue weighted by Gasteiger charge is 2.47. The number of nitriles is 1. The highest BCUT2D eigenvalue weighted by molar-refractivity contribution is 7.10. The summed E-state index contributed by atoms with van der Waals surface area (Å²) in [4.78, 5) is 14.4. The molecule has 0 saturated heterocycles. The van der Waals surface area contributed by atoms with E-state index >= 15 is 0 Å². The minimum atomic E-state index is -1.03. The van der Waals surface area contributed by atoms with Crippen LogP contribution in [0.2, 0.25) is 0 Å². The minimum Gasteiger partial charge on any atom is -0.476 e. The van der Waals surface area contributed by atoms with Crippen molar-refractivity contribution in [3.63, 3.8) is 0 Å². The van der Waals surface area contributed by atoms with Gasteiger partial charge in [-0.15, -0.1) is 11.3 Å². The number of aromatic nitrogens is 1. The fraction of sp³-hybridized carbons (Fsp3) is 0.375. The third kappa shape index (κ3) is 1.19. The van der Waals surface area contributed by atoms with Crippen molar-refractivity contribution >= 4 is 17.3 Å². The molecule has 1 aromatic heterocycles. The van der Waals surface area contributed by atoms with Crippen molar-refractivity contribution in [3.05, 3.63) is 16.1 Å². The number of aromatic carboxylic acids is 1. The summed E-state index contributed by atoms with van der Waals surface area (Å²) in [6.45, 7) is 0. The monoisotopic (exact) mass is 194 g/mol. The highest BCUT2D eigenvalue weighted by atomic mass is 32.1. The molecule has 0 aromatic carbocycles. The van der Waals surface area contributed by atoms with Gasteiger partial charge in [-0.25, -0.2) is 9.78 Å². The standard InChI is InChI=1S/C8H6N2O2S/c9-4-8(1-2-8)7-10-5(3-13-7)6(11)12/h3H,1-2H2,(H,11,12). The molecule has 1 fully saturated rings. The van der Waals surface area contributed by atoms with Crippen molar-refractivity contribution in [1.82, 2.24) is 4.98 Å². The molecule has 0 bridgehead atoms. The maximum atomic E-state index is 10.5. The van der Waals surface area contributed by atoms with Crippen LogP contribution in [0.5, 0.6) is 0 Å². The second-order valence-corrected chi connectivity index (χ2v) is 3.90. The van der Waals surface area contributed by atoms with Crippen molar-refractivity contribution in [2.45, 2.75) is 18.3 Å².